The van der Waals surface area contributed by atoms with Crippen LogP contribution in [-0.4, -0.2) is 5.78 Å². The van der Waals surface area contributed by atoms with Gasteiger partial charge in [0.1, 0.15) is 0 Å². The van der Waals surface area contributed by atoms with Crippen molar-refractivity contribution < 1.29 is 4.79 Å². The van der Waals surface area contributed by atoms with E-state index in [9.17, 15) is 4.79 Å². The quantitative estimate of drug-likeness (QED) is 0.663. The molecule has 21 heavy (non-hydrogen) atoms. The van der Waals surface area contributed by atoms with E-state index in [2.05, 4.69) is 0 Å². The molecule has 0 aliphatic rings. The molecule has 0 N–H and O–H groups in total. The van der Waals surface area contributed by atoms with E-state index in [-0.39, 0.29) is 5.78 Å². The molecule has 0 saturated heterocycles. The third-order valence-corrected chi connectivity index (χ3v) is 3.37. The molecule has 0 atom stereocenters. The first-order chi connectivity index (χ1) is 10.0. The third-order valence-electron chi connectivity index (χ3n) is 2.90. The Kier molecular flexibility index (Phi) is 5.38. The Labute approximate surface area is 134 Å². The van der Waals surface area contributed by atoms with Gasteiger partial charge in [-0.2, -0.15) is 0 Å². The van der Waals surface area contributed by atoms with E-state index in [4.69, 9.17) is 23.2 Å². The molecule has 0 fully saturated rings. The van der Waals surface area contributed by atoms with Crippen molar-refractivity contribution in [2.24, 2.45) is 0 Å². The third kappa shape index (κ3) is 4.89. The summed E-state index contributed by atoms with van der Waals surface area (Å²) < 4.78 is 0. The van der Waals surface area contributed by atoms with E-state index >= 15 is 0 Å². The van der Waals surface area contributed by atoms with Gasteiger partial charge in [0, 0.05) is 10.0 Å². The lowest BCUT2D eigenvalue weighted by atomic mass is 10.1. The Morgan fingerprint density at radius 1 is 0.952 bits per heavy atom. The molecule has 0 bridgehead atoms. The van der Waals surface area contributed by atoms with Crippen molar-refractivity contribution in [3.05, 3.63) is 81.4 Å². The summed E-state index contributed by atoms with van der Waals surface area (Å²) in [5.41, 5.74) is 2.45. The van der Waals surface area contributed by atoms with Crippen molar-refractivity contribution in [3.8, 4) is 0 Å². The van der Waals surface area contributed by atoms with Crippen LogP contribution in [0.1, 0.15) is 18.1 Å². The molecule has 0 heterocycles. The fourth-order valence-electron chi connectivity index (χ4n) is 1.83. The number of rotatable bonds is 4. The van der Waals surface area contributed by atoms with Crippen molar-refractivity contribution in [1.29, 1.82) is 0 Å². The number of allylic oxidation sites excluding steroid dienone is 2. The van der Waals surface area contributed by atoms with Gasteiger partial charge in [-0.1, -0.05) is 53.5 Å². The minimum absolute atomic E-state index is 0.0463. The zero-order valence-electron chi connectivity index (χ0n) is 11.5. The molecule has 0 spiro atoms. The van der Waals surface area contributed by atoms with E-state index in [0.717, 1.165) is 11.1 Å². The maximum atomic E-state index is 12.1. The van der Waals surface area contributed by atoms with Crippen LogP contribution < -0.4 is 0 Å². The molecule has 2 rings (SSSR count). The van der Waals surface area contributed by atoms with Gasteiger partial charge in [-0.05, 0) is 60.0 Å². The number of hydrogen-bond acceptors (Lipinski definition) is 1. The lowest BCUT2D eigenvalue weighted by Crippen LogP contribution is -1.94. The largest absolute Gasteiger partial charge is 0.290 e. The zero-order valence-corrected chi connectivity index (χ0v) is 13.0. The fourth-order valence-corrected chi connectivity index (χ4v) is 2.23. The van der Waals surface area contributed by atoms with Crippen LogP contribution in [-0.2, 0) is 4.79 Å². The van der Waals surface area contributed by atoms with Gasteiger partial charge in [0.05, 0.1) is 0 Å². The highest BCUT2D eigenvalue weighted by Crippen LogP contribution is 2.15. The van der Waals surface area contributed by atoms with Gasteiger partial charge >= 0.3 is 0 Å². The molecule has 3 heteroatoms. The van der Waals surface area contributed by atoms with Gasteiger partial charge in [-0.3, -0.25) is 4.79 Å². The number of halogens is 2. The van der Waals surface area contributed by atoms with E-state index in [0.29, 0.717) is 15.6 Å². The highest BCUT2D eigenvalue weighted by molar-refractivity contribution is 6.31. The normalized spacial score (nSPS) is 11.9. The van der Waals surface area contributed by atoms with Gasteiger partial charge in [0.2, 0.25) is 0 Å². The van der Waals surface area contributed by atoms with Gasteiger partial charge in [0.25, 0.3) is 0 Å². The Morgan fingerprint density at radius 2 is 1.52 bits per heavy atom. The highest BCUT2D eigenvalue weighted by atomic mass is 35.5. The number of ketones is 1. The average Bonchev–Trinajstić information content (AvgIpc) is 2.45. The minimum Gasteiger partial charge on any atom is -0.290 e. The molecule has 0 saturated carbocycles. The molecule has 0 aliphatic carbocycles. The molecule has 0 aliphatic heterocycles. The summed E-state index contributed by atoms with van der Waals surface area (Å²) in [7, 11) is 0. The summed E-state index contributed by atoms with van der Waals surface area (Å²) in [5, 5.41) is 1.30. The number of carbonyl (C=O) groups is 1. The van der Waals surface area contributed by atoms with Crippen molar-refractivity contribution in [1.82, 2.24) is 0 Å². The van der Waals surface area contributed by atoms with Crippen LogP contribution in [0.5, 0.6) is 0 Å². The SMILES string of the molecule is CC(=Cc1cccc(Cl)c1)C(=O)C=Cc1cccc(Cl)c1. The van der Waals surface area contributed by atoms with Gasteiger partial charge < -0.3 is 0 Å². The number of hydrogen-bond donors (Lipinski definition) is 0. The van der Waals surface area contributed by atoms with Crippen molar-refractivity contribution in [2.45, 2.75) is 6.92 Å². The van der Waals surface area contributed by atoms with Crippen LogP contribution in [0, 0.1) is 0 Å². The Bertz CT molecular complexity index is 715. The van der Waals surface area contributed by atoms with Gasteiger partial charge in [-0.25, -0.2) is 0 Å². The van der Waals surface area contributed by atoms with Crippen molar-refractivity contribution in [3.63, 3.8) is 0 Å². The van der Waals surface area contributed by atoms with Crippen LogP contribution in [0.3, 0.4) is 0 Å². The predicted molar refractivity (Wildman–Crippen MR) is 90.6 cm³/mol. The van der Waals surface area contributed by atoms with Crippen LogP contribution in [0.25, 0.3) is 12.2 Å². The summed E-state index contributed by atoms with van der Waals surface area (Å²) >= 11 is 11.8. The first kappa shape index (κ1) is 15.6. The molecule has 2 aromatic rings. The standard InChI is InChI=1S/C18H14Cl2O/c1-13(10-15-5-3-7-17(20)12-15)18(21)9-8-14-4-2-6-16(19)11-14/h2-12H,1H3. The van der Waals surface area contributed by atoms with Crippen LogP contribution in [0.15, 0.2) is 60.2 Å². The Hall–Kier alpha value is -1.83. The summed E-state index contributed by atoms with van der Waals surface area (Å²) in [6.45, 7) is 1.78. The summed E-state index contributed by atoms with van der Waals surface area (Å²) in [5.74, 6) is -0.0463. The summed E-state index contributed by atoms with van der Waals surface area (Å²) in [6, 6.07) is 14.7. The molecule has 0 unspecified atom stereocenters. The Morgan fingerprint density at radius 3 is 2.14 bits per heavy atom. The first-order valence-corrected chi connectivity index (χ1v) is 7.22. The lowest BCUT2D eigenvalue weighted by Gasteiger charge is -1.98. The molecule has 0 radical (unpaired) electrons. The maximum Gasteiger partial charge on any atom is 0.181 e. The second-order valence-corrected chi connectivity index (χ2v) is 5.51. The molecule has 1 nitrogen and oxygen atoms in total. The maximum absolute atomic E-state index is 12.1. The van der Waals surface area contributed by atoms with E-state index in [1.807, 2.05) is 36.4 Å². The minimum atomic E-state index is -0.0463. The van der Waals surface area contributed by atoms with Crippen molar-refractivity contribution in [2.75, 3.05) is 0 Å². The predicted octanol–water partition coefficient (Wildman–Crippen LogP) is 5.68. The van der Waals surface area contributed by atoms with E-state index in [1.165, 1.54) is 0 Å². The molecule has 106 valence electrons. The first-order valence-electron chi connectivity index (χ1n) is 6.46. The van der Waals surface area contributed by atoms with Crippen LogP contribution >= 0.6 is 23.2 Å². The van der Waals surface area contributed by atoms with E-state index < -0.39 is 0 Å². The molecular formula is C18H14Cl2O. The molecular weight excluding hydrogens is 303 g/mol. The second-order valence-electron chi connectivity index (χ2n) is 4.63. The van der Waals surface area contributed by atoms with Gasteiger partial charge in [-0.15, -0.1) is 0 Å². The van der Waals surface area contributed by atoms with Crippen LogP contribution in [0.2, 0.25) is 10.0 Å². The smallest absolute Gasteiger partial charge is 0.181 e. The van der Waals surface area contributed by atoms with Crippen molar-refractivity contribution >= 4 is 41.1 Å². The summed E-state index contributed by atoms with van der Waals surface area (Å²) in [6.07, 6.45) is 5.11. The zero-order chi connectivity index (χ0) is 15.2. The average molecular weight is 317 g/mol. The summed E-state index contributed by atoms with van der Waals surface area (Å²) in [4.78, 5) is 12.1. The van der Waals surface area contributed by atoms with E-state index in [1.54, 1.807) is 37.3 Å². The fraction of sp³-hybridized carbons (Fsp3) is 0.0556. The topological polar surface area (TPSA) is 17.1 Å². The monoisotopic (exact) mass is 316 g/mol. The molecule has 2 aromatic carbocycles. The lowest BCUT2D eigenvalue weighted by molar-refractivity contribution is -0.111. The Balaban J connectivity index is 2.12. The van der Waals surface area contributed by atoms with Gasteiger partial charge in [0.15, 0.2) is 5.78 Å². The molecule has 0 aromatic heterocycles. The van der Waals surface area contributed by atoms with Crippen LogP contribution in [0.4, 0.5) is 0 Å². The highest BCUT2D eigenvalue weighted by Gasteiger charge is 2.01. The number of carbonyl (C=O) groups excluding carboxylic acids is 1. The number of benzene rings is 2. The molecule has 0 amide bonds. The second kappa shape index (κ2) is 7.26.